The van der Waals surface area contributed by atoms with Crippen LogP contribution in [0.4, 0.5) is 0 Å². The van der Waals surface area contributed by atoms with Gasteiger partial charge in [0.2, 0.25) is 5.91 Å². The molecule has 2 aromatic rings. The monoisotopic (exact) mass is 389 g/mol. The first-order chi connectivity index (χ1) is 12.5. The van der Waals surface area contributed by atoms with Gasteiger partial charge in [-0.2, -0.15) is 0 Å². The van der Waals surface area contributed by atoms with E-state index < -0.39 is 0 Å². The lowest BCUT2D eigenvalue weighted by Gasteiger charge is -1.95. The molecule has 0 spiro atoms. The second kappa shape index (κ2) is 9.91. The van der Waals surface area contributed by atoms with E-state index in [4.69, 9.17) is 22.4 Å². The zero-order chi connectivity index (χ0) is 18.9. The highest BCUT2D eigenvalue weighted by molar-refractivity contribution is 8.26. The summed E-state index contributed by atoms with van der Waals surface area (Å²) < 4.78 is 6.18. The smallest absolute Gasteiger partial charge is 0.263 e. The van der Waals surface area contributed by atoms with Gasteiger partial charge in [-0.25, -0.2) is 0 Å². The van der Waals surface area contributed by atoms with Gasteiger partial charge in [-0.05, 0) is 12.1 Å². The number of carbonyl (C=O) groups excluding carboxylic acids is 2. The van der Waals surface area contributed by atoms with E-state index in [0.29, 0.717) is 28.1 Å². The predicted octanol–water partition coefficient (Wildman–Crippen LogP) is 2.52. The second-order valence-corrected chi connectivity index (χ2v) is 6.91. The lowest BCUT2D eigenvalue weighted by molar-refractivity contribution is -0.119. The molecule has 26 heavy (non-hydrogen) atoms. The summed E-state index contributed by atoms with van der Waals surface area (Å²) in [6, 6.07) is 13.5. The molecule has 0 bridgehead atoms. The van der Waals surface area contributed by atoms with Crippen LogP contribution in [0.2, 0.25) is 0 Å². The van der Waals surface area contributed by atoms with Crippen molar-refractivity contribution in [1.82, 2.24) is 10.6 Å². The van der Waals surface area contributed by atoms with Gasteiger partial charge in [0.15, 0.2) is 0 Å². The van der Waals surface area contributed by atoms with Crippen molar-refractivity contribution >= 4 is 46.2 Å². The van der Waals surface area contributed by atoms with E-state index >= 15 is 0 Å². The van der Waals surface area contributed by atoms with Crippen molar-refractivity contribution in [3.05, 3.63) is 53.1 Å². The van der Waals surface area contributed by atoms with E-state index in [9.17, 15) is 9.59 Å². The number of furan rings is 1. The highest BCUT2D eigenvalue weighted by Crippen LogP contribution is 2.28. The quantitative estimate of drug-likeness (QED) is 0.549. The van der Waals surface area contributed by atoms with E-state index in [1.54, 1.807) is 6.08 Å². The minimum Gasteiger partial charge on any atom is -0.457 e. The third-order valence-electron chi connectivity index (χ3n) is 3.12. The van der Waals surface area contributed by atoms with Crippen LogP contribution in [0.1, 0.15) is 12.7 Å². The molecule has 1 aliphatic rings. The third kappa shape index (κ3) is 6.14. The fourth-order valence-corrected chi connectivity index (χ4v) is 3.01. The molecule has 2 amide bonds. The summed E-state index contributed by atoms with van der Waals surface area (Å²) in [6.45, 7) is 2.56. The predicted molar refractivity (Wildman–Crippen MR) is 108 cm³/mol. The zero-order valence-electron chi connectivity index (χ0n) is 14.2. The first-order valence-corrected chi connectivity index (χ1v) is 9.06. The van der Waals surface area contributed by atoms with Crippen LogP contribution in [0.5, 0.6) is 0 Å². The van der Waals surface area contributed by atoms with Gasteiger partial charge in [-0.15, -0.1) is 0 Å². The van der Waals surface area contributed by atoms with Crippen molar-refractivity contribution in [2.24, 2.45) is 5.73 Å². The number of benzene rings is 1. The molecule has 1 aliphatic heterocycles. The molecular weight excluding hydrogens is 370 g/mol. The molecule has 8 heteroatoms. The van der Waals surface area contributed by atoms with Crippen molar-refractivity contribution in [3.8, 4) is 11.3 Å². The van der Waals surface area contributed by atoms with Crippen molar-refractivity contribution in [2.45, 2.75) is 6.92 Å². The second-order valence-electron chi connectivity index (χ2n) is 5.19. The Labute approximate surface area is 161 Å². The first kappa shape index (κ1) is 19.9. The molecule has 0 saturated carbocycles. The summed E-state index contributed by atoms with van der Waals surface area (Å²) in [4.78, 5) is 22.1. The minimum absolute atomic E-state index is 0.0227. The number of hydrogen-bond donors (Lipinski definition) is 3. The highest BCUT2D eigenvalue weighted by Gasteiger charge is 2.22. The molecule has 0 radical (unpaired) electrons. The van der Waals surface area contributed by atoms with E-state index in [1.807, 2.05) is 42.5 Å². The van der Waals surface area contributed by atoms with E-state index in [1.165, 1.54) is 18.7 Å². The number of rotatable bonds is 4. The van der Waals surface area contributed by atoms with Gasteiger partial charge in [-0.3, -0.25) is 9.59 Å². The zero-order valence-corrected chi connectivity index (χ0v) is 15.8. The van der Waals surface area contributed by atoms with Gasteiger partial charge in [0.25, 0.3) is 5.91 Å². The fourth-order valence-electron chi connectivity index (χ4n) is 1.99. The number of carbonyl (C=O) groups is 2. The van der Waals surface area contributed by atoms with E-state index in [0.717, 1.165) is 11.3 Å². The minimum atomic E-state index is -0.173. The Morgan fingerprint density at radius 2 is 2.04 bits per heavy atom. The normalized spacial score (nSPS) is 14.6. The molecule has 1 saturated heterocycles. The maximum absolute atomic E-state index is 11.5. The lowest BCUT2D eigenvalue weighted by atomic mass is 10.2. The maximum Gasteiger partial charge on any atom is 0.263 e. The van der Waals surface area contributed by atoms with E-state index in [2.05, 4.69) is 10.6 Å². The standard InChI is InChI=1S/C14H9NO2S2.C4H10N2O/c16-13-12(19-14(18)15-13)8-10-6-7-11(17-10)9-4-2-1-3-5-9;1-4(7)6-3-2-5/h1-8H,(H,15,16,18);2-3,5H2,1H3,(H,6,7)/b12-8-;. The fraction of sp³-hybridized carbons (Fsp3) is 0.167. The molecule has 1 aromatic carbocycles. The first-order valence-electron chi connectivity index (χ1n) is 7.84. The largest absolute Gasteiger partial charge is 0.457 e. The van der Waals surface area contributed by atoms with Gasteiger partial charge < -0.3 is 20.8 Å². The highest BCUT2D eigenvalue weighted by atomic mass is 32.2. The number of thioether (sulfide) groups is 1. The van der Waals surface area contributed by atoms with Crippen LogP contribution < -0.4 is 16.4 Å². The molecule has 0 atom stereocenters. The molecule has 3 rings (SSSR count). The third-order valence-corrected chi connectivity index (χ3v) is 4.28. The van der Waals surface area contributed by atoms with Crippen LogP contribution in [-0.4, -0.2) is 29.2 Å². The Hall–Kier alpha value is -2.42. The topological polar surface area (TPSA) is 97.4 Å². The SMILES string of the molecule is CC(=O)NCCN.O=C1NC(=S)S/C1=C\c1ccc(-c2ccccc2)o1. The average Bonchev–Trinajstić information content (AvgIpc) is 3.21. The Bertz CT molecular complexity index is 816. The summed E-state index contributed by atoms with van der Waals surface area (Å²) in [5.74, 6) is 1.22. The molecule has 6 nitrogen and oxygen atoms in total. The molecule has 0 aliphatic carbocycles. The molecule has 1 aromatic heterocycles. The number of amides is 2. The Balaban J connectivity index is 0.000000298. The van der Waals surface area contributed by atoms with Gasteiger partial charge in [-0.1, -0.05) is 54.3 Å². The molecule has 136 valence electrons. The van der Waals surface area contributed by atoms with Crippen molar-refractivity contribution in [2.75, 3.05) is 13.1 Å². The number of nitrogens with two attached hydrogens (primary N) is 1. The van der Waals surface area contributed by atoms with E-state index in [-0.39, 0.29) is 11.8 Å². The molecule has 2 heterocycles. The van der Waals surface area contributed by atoms with Crippen LogP contribution in [0, 0.1) is 0 Å². The van der Waals surface area contributed by atoms with Crippen molar-refractivity contribution in [1.29, 1.82) is 0 Å². The number of hydrogen-bond acceptors (Lipinski definition) is 6. The summed E-state index contributed by atoms with van der Waals surface area (Å²) in [7, 11) is 0. The van der Waals surface area contributed by atoms with Gasteiger partial charge in [0, 0.05) is 31.7 Å². The average molecular weight is 390 g/mol. The summed E-state index contributed by atoms with van der Waals surface area (Å²) >= 11 is 6.18. The van der Waals surface area contributed by atoms with Crippen molar-refractivity contribution in [3.63, 3.8) is 0 Å². The number of thiocarbonyl (C=S) groups is 1. The molecule has 4 N–H and O–H groups in total. The van der Waals surface area contributed by atoms with Gasteiger partial charge in [0.1, 0.15) is 15.8 Å². The molecule has 0 unspecified atom stereocenters. The van der Waals surface area contributed by atoms with Crippen LogP contribution >= 0.6 is 24.0 Å². The summed E-state index contributed by atoms with van der Waals surface area (Å²) in [6.07, 6.45) is 1.70. The van der Waals surface area contributed by atoms with Gasteiger partial charge in [0.05, 0.1) is 4.91 Å². The van der Waals surface area contributed by atoms with Crippen LogP contribution in [-0.2, 0) is 9.59 Å². The lowest BCUT2D eigenvalue weighted by Crippen LogP contribution is -2.26. The summed E-state index contributed by atoms with van der Waals surface area (Å²) in [5.41, 5.74) is 6.07. The van der Waals surface area contributed by atoms with Crippen LogP contribution in [0.15, 0.2) is 51.8 Å². The maximum atomic E-state index is 11.5. The van der Waals surface area contributed by atoms with Crippen LogP contribution in [0.25, 0.3) is 17.4 Å². The van der Waals surface area contributed by atoms with Gasteiger partial charge >= 0.3 is 0 Å². The van der Waals surface area contributed by atoms with Crippen LogP contribution in [0.3, 0.4) is 0 Å². The Morgan fingerprint density at radius 1 is 1.31 bits per heavy atom. The Morgan fingerprint density at radius 3 is 2.58 bits per heavy atom. The summed E-state index contributed by atoms with van der Waals surface area (Å²) in [5, 5.41) is 5.10. The molecular formula is C18H19N3O3S2. The Kier molecular flexibility index (Phi) is 7.58. The number of nitrogens with one attached hydrogen (secondary N) is 2. The van der Waals surface area contributed by atoms with Crippen molar-refractivity contribution < 1.29 is 14.0 Å². The molecule has 1 fully saturated rings.